The molecule has 4 nitrogen and oxygen atoms in total. The van der Waals surface area contributed by atoms with Crippen molar-refractivity contribution in [3.8, 4) is 0 Å². The van der Waals surface area contributed by atoms with Crippen LogP contribution in [0.1, 0.15) is 45.4 Å². The van der Waals surface area contributed by atoms with Gasteiger partial charge in [0.25, 0.3) is 0 Å². The zero-order valence-corrected chi connectivity index (χ0v) is 11.0. The predicted octanol–water partition coefficient (Wildman–Crippen LogP) is 1.13. The highest BCUT2D eigenvalue weighted by Gasteiger charge is 2.40. The normalized spacial score (nSPS) is 19.0. The van der Waals surface area contributed by atoms with Crippen molar-refractivity contribution < 1.29 is 9.90 Å². The molecule has 0 aromatic heterocycles. The van der Waals surface area contributed by atoms with Crippen LogP contribution in [0.15, 0.2) is 0 Å². The number of amides is 1. The van der Waals surface area contributed by atoms with Gasteiger partial charge >= 0.3 is 0 Å². The average Bonchev–Trinajstić information content (AvgIpc) is 2.38. The second-order valence-electron chi connectivity index (χ2n) is 5.06. The van der Waals surface area contributed by atoms with Crippen LogP contribution < -0.4 is 5.73 Å². The molecule has 0 radical (unpaired) electrons. The van der Waals surface area contributed by atoms with Crippen molar-refractivity contribution in [1.29, 1.82) is 0 Å². The molecule has 100 valence electrons. The molecule has 4 heteroatoms. The Morgan fingerprint density at radius 3 is 2.41 bits per heavy atom. The number of hydrogen-bond acceptors (Lipinski definition) is 3. The third kappa shape index (κ3) is 3.42. The molecule has 0 bridgehead atoms. The van der Waals surface area contributed by atoms with Gasteiger partial charge in [-0.15, -0.1) is 0 Å². The van der Waals surface area contributed by atoms with Crippen LogP contribution in [-0.4, -0.2) is 42.2 Å². The van der Waals surface area contributed by atoms with Gasteiger partial charge in [-0.1, -0.05) is 26.2 Å². The highest BCUT2D eigenvalue weighted by Crippen LogP contribution is 2.37. The summed E-state index contributed by atoms with van der Waals surface area (Å²) in [5.41, 5.74) is 5.51. The molecule has 1 saturated carbocycles. The number of carbonyl (C=O) groups excluding carboxylic acids is 1. The molecule has 0 saturated heterocycles. The molecule has 0 aliphatic heterocycles. The van der Waals surface area contributed by atoms with Crippen molar-refractivity contribution in [2.45, 2.75) is 45.4 Å². The summed E-state index contributed by atoms with van der Waals surface area (Å²) in [6.07, 6.45) is 6.15. The Morgan fingerprint density at radius 1 is 1.29 bits per heavy atom. The lowest BCUT2D eigenvalue weighted by Gasteiger charge is -2.39. The number of rotatable bonds is 6. The van der Waals surface area contributed by atoms with Crippen molar-refractivity contribution in [2.24, 2.45) is 11.1 Å². The maximum absolute atomic E-state index is 12.6. The van der Waals surface area contributed by atoms with E-state index in [-0.39, 0.29) is 17.9 Å². The second-order valence-corrected chi connectivity index (χ2v) is 5.06. The van der Waals surface area contributed by atoms with Gasteiger partial charge in [0.1, 0.15) is 0 Å². The summed E-state index contributed by atoms with van der Waals surface area (Å²) < 4.78 is 0. The van der Waals surface area contributed by atoms with E-state index in [4.69, 9.17) is 10.8 Å². The van der Waals surface area contributed by atoms with Crippen LogP contribution in [0.25, 0.3) is 0 Å². The van der Waals surface area contributed by atoms with Gasteiger partial charge in [0.05, 0.1) is 12.0 Å². The first-order chi connectivity index (χ1) is 8.20. The molecular formula is C13H26N2O2. The lowest BCUT2D eigenvalue weighted by molar-refractivity contribution is -0.144. The predicted molar refractivity (Wildman–Crippen MR) is 68.5 cm³/mol. The van der Waals surface area contributed by atoms with Crippen LogP contribution in [0.3, 0.4) is 0 Å². The number of hydrogen-bond donors (Lipinski definition) is 2. The lowest BCUT2D eigenvalue weighted by Crippen LogP contribution is -2.50. The Bertz CT molecular complexity index is 232. The quantitative estimate of drug-likeness (QED) is 0.733. The third-order valence-corrected chi connectivity index (χ3v) is 3.81. The lowest BCUT2D eigenvalue weighted by atomic mass is 9.73. The maximum atomic E-state index is 12.6. The standard InChI is InChI=1S/C13H26N2O2/c1-2-8-15(9-10-16)12(17)13(11-14)6-4-3-5-7-13/h16H,2-11,14H2,1H3. The Morgan fingerprint density at radius 2 is 1.94 bits per heavy atom. The molecule has 0 aromatic carbocycles. The topological polar surface area (TPSA) is 66.6 Å². The maximum Gasteiger partial charge on any atom is 0.230 e. The van der Waals surface area contributed by atoms with Crippen LogP contribution in [0.5, 0.6) is 0 Å². The molecule has 0 aromatic rings. The van der Waals surface area contributed by atoms with Gasteiger partial charge in [-0.2, -0.15) is 0 Å². The fourth-order valence-electron chi connectivity index (χ4n) is 2.77. The summed E-state index contributed by atoms with van der Waals surface area (Å²) in [5, 5.41) is 9.04. The van der Waals surface area contributed by atoms with E-state index in [9.17, 15) is 4.79 Å². The summed E-state index contributed by atoms with van der Waals surface area (Å²) in [5.74, 6) is 0.163. The number of aliphatic hydroxyl groups excluding tert-OH is 1. The smallest absolute Gasteiger partial charge is 0.230 e. The van der Waals surface area contributed by atoms with E-state index in [0.717, 1.165) is 38.6 Å². The summed E-state index contributed by atoms with van der Waals surface area (Å²) in [4.78, 5) is 14.4. The number of carbonyl (C=O) groups is 1. The van der Waals surface area contributed by atoms with Crippen LogP contribution in [0.4, 0.5) is 0 Å². The van der Waals surface area contributed by atoms with Gasteiger partial charge in [0.2, 0.25) is 5.91 Å². The highest BCUT2D eigenvalue weighted by atomic mass is 16.3. The fourth-order valence-corrected chi connectivity index (χ4v) is 2.77. The monoisotopic (exact) mass is 242 g/mol. The first-order valence-electron chi connectivity index (χ1n) is 6.80. The summed E-state index contributed by atoms with van der Waals surface area (Å²) in [7, 11) is 0. The van der Waals surface area contributed by atoms with Crippen LogP contribution >= 0.6 is 0 Å². The van der Waals surface area contributed by atoms with Crippen molar-refractivity contribution in [3.05, 3.63) is 0 Å². The Labute approximate surface area is 104 Å². The van der Waals surface area contributed by atoms with Crippen LogP contribution in [-0.2, 0) is 4.79 Å². The van der Waals surface area contributed by atoms with E-state index in [1.54, 1.807) is 4.90 Å². The van der Waals surface area contributed by atoms with Crippen LogP contribution in [0, 0.1) is 5.41 Å². The van der Waals surface area contributed by atoms with Gasteiger partial charge in [0, 0.05) is 19.6 Å². The van der Waals surface area contributed by atoms with E-state index in [2.05, 4.69) is 0 Å². The van der Waals surface area contributed by atoms with E-state index in [1.165, 1.54) is 6.42 Å². The van der Waals surface area contributed by atoms with Crippen molar-refractivity contribution in [3.63, 3.8) is 0 Å². The van der Waals surface area contributed by atoms with E-state index in [1.807, 2.05) is 6.92 Å². The molecule has 1 aliphatic carbocycles. The zero-order chi connectivity index (χ0) is 12.7. The first kappa shape index (κ1) is 14.5. The second kappa shape index (κ2) is 6.97. The average molecular weight is 242 g/mol. The highest BCUT2D eigenvalue weighted by molar-refractivity contribution is 5.83. The van der Waals surface area contributed by atoms with Crippen molar-refractivity contribution in [1.82, 2.24) is 4.90 Å². The Balaban J connectivity index is 2.74. The number of nitrogens with zero attached hydrogens (tertiary/aromatic N) is 1. The van der Waals surface area contributed by atoms with E-state index in [0.29, 0.717) is 13.1 Å². The fraction of sp³-hybridized carbons (Fsp3) is 0.923. The van der Waals surface area contributed by atoms with Gasteiger partial charge < -0.3 is 15.7 Å². The summed E-state index contributed by atoms with van der Waals surface area (Å²) >= 11 is 0. The van der Waals surface area contributed by atoms with E-state index < -0.39 is 0 Å². The van der Waals surface area contributed by atoms with Gasteiger partial charge in [-0.05, 0) is 19.3 Å². The molecule has 0 heterocycles. The molecule has 1 amide bonds. The molecule has 1 fully saturated rings. The molecule has 1 aliphatic rings. The van der Waals surface area contributed by atoms with Gasteiger partial charge in [-0.25, -0.2) is 0 Å². The Kier molecular flexibility index (Phi) is 5.92. The largest absolute Gasteiger partial charge is 0.395 e. The molecule has 3 N–H and O–H groups in total. The van der Waals surface area contributed by atoms with Gasteiger partial charge in [-0.3, -0.25) is 4.79 Å². The first-order valence-corrected chi connectivity index (χ1v) is 6.80. The minimum absolute atomic E-state index is 0.0341. The number of nitrogens with two attached hydrogens (primary N) is 1. The van der Waals surface area contributed by atoms with Crippen molar-refractivity contribution >= 4 is 5.91 Å². The molecule has 0 atom stereocenters. The van der Waals surface area contributed by atoms with Gasteiger partial charge in [0.15, 0.2) is 0 Å². The molecular weight excluding hydrogens is 216 g/mol. The molecule has 0 spiro atoms. The zero-order valence-electron chi connectivity index (χ0n) is 11.0. The number of aliphatic hydroxyl groups is 1. The Hall–Kier alpha value is -0.610. The molecule has 1 rings (SSSR count). The summed E-state index contributed by atoms with van der Waals surface area (Å²) in [6, 6.07) is 0. The SMILES string of the molecule is CCCN(CCO)C(=O)C1(CN)CCCCC1. The van der Waals surface area contributed by atoms with Crippen LogP contribution in [0.2, 0.25) is 0 Å². The minimum atomic E-state index is -0.345. The third-order valence-electron chi connectivity index (χ3n) is 3.81. The molecule has 0 unspecified atom stereocenters. The van der Waals surface area contributed by atoms with E-state index >= 15 is 0 Å². The minimum Gasteiger partial charge on any atom is -0.395 e. The summed E-state index contributed by atoms with van der Waals surface area (Å²) in [6.45, 7) is 3.69. The molecule has 17 heavy (non-hydrogen) atoms. The van der Waals surface area contributed by atoms with Crippen molar-refractivity contribution in [2.75, 3.05) is 26.2 Å².